The van der Waals surface area contributed by atoms with Gasteiger partial charge in [-0.15, -0.1) is 0 Å². The van der Waals surface area contributed by atoms with Gasteiger partial charge >= 0.3 is 0 Å². The molecule has 9 rings (SSSR count). The number of aromatic nitrogens is 8. The van der Waals surface area contributed by atoms with E-state index in [1.807, 2.05) is 19.9 Å². The Balaban J connectivity index is 1.36. The first-order valence-corrected chi connectivity index (χ1v) is 27.9. The van der Waals surface area contributed by atoms with Gasteiger partial charge in [0.05, 0.1) is 40.7 Å². The van der Waals surface area contributed by atoms with Crippen LogP contribution in [0.5, 0.6) is 0 Å². The van der Waals surface area contributed by atoms with Crippen molar-refractivity contribution in [1.82, 2.24) is 19.9 Å². The van der Waals surface area contributed by atoms with Crippen LogP contribution in [0.1, 0.15) is 22.8 Å². The van der Waals surface area contributed by atoms with Gasteiger partial charge in [0.1, 0.15) is 0 Å². The molecule has 8 bridgehead atoms. The van der Waals surface area contributed by atoms with E-state index >= 15 is 0 Å². The number of halogens is 8. The van der Waals surface area contributed by atoms with Crippen LogP contribution in [0.4, 0.5) is 0 Å². The number of hydrogen-bond donors (Lipinski definition) is 2. The molecule has 2 N–H and O–H groups in total. The first kappa shape index (κ1) is 49.0. The average molecular weight is 1410 g/mol. The molecule has 2 aliphatic heterocycles. The van der Waals surface area contributed by atoms with Gasteiger partial charge in [-0.1, -0.05) is 63.7 Å². The predicted octanol–water partition coefficient (Wildman–Crippen LogP) is 15.0. The highest BCUT2D eigenvalue weighted by Crippen LogP contribution is 2.38. The molecule has 0 aromatic carbocycles. The SMILES string of the molecule is Br/C=C(\Br)C[n+]1ccc(-c2c3nc(c(-c4cc[n+](C/C(Br)=C/Br)cc4)c4ccc([nH]4)c(-c4cc[n+](C/C(Br)=C/Br)cc4)c4nc(c(-c5cc[n+](C/C(Br)=C/Br)cc5)c5ccc2[nH]5)C=C4)C=C3)cc1. The third kappa shape index (κ3) is 11.1. The molecule has 0 radical (unpaired) electrons. The summed E-state index contributed by atoms with van der Waals surface area (Å²) >= 11 is 28.4. The summed E-state index contributed by atoms with van der Waals surface area (Å²) in [5, 5.41) is 0. The minimum Gasteiger partial charge on any atom is -0.354 e. The normalized spacial score (nSPS) is 13.2. The van der Waals surface area contributed by atoms with E-state index in [0.717, 1.165) is 107 Å². The second-order valence-corrected chi connectivity index (χ2v) is 21.7. The molecule has 7 aromatic rings. The van der Waals surface area contributed by atoms with Gasteiger partial charge in [-0.05, 0) is 154 Å². The Labute approximate surface area is 460 Å². The summed E-state index contributed by atoms with van der Waals surface area (Å²) in [4.78, 5) is 26.3. The lowest BCUT2D eigenvalue weighted by molar-refractivity contribution is -0.687. The molecule has 0 saturated heterocycles. The highest BCUT2D eigenvalue weighted by molar-refractivity contribution is 9.14. The highest BCUT2D eigenvalue weighted by atomic mass is 79.9. The number of nitrogens with zero attached hydrogens (tertiary/aromatic N) is 6. The number of pyridine rings is 4. The summed E-state index contributed by atoms with van der Waals surface area (Å²) < 4.78 is 12.6. The van der Waals surface area contributed by atoms with Crippen LogP contribution in [-0.4, -0.2) is 19.9 Å². The van der Waals surface area contributed by atoms with E-state index < -0.39 is 0 Å². The molecule has 9 heterocycles. The highest BCUT2D eigenvalue weighted by Gasteiger charge is 2.21. The van der Waals surface area contributed by atoms with Gasteiger partial charge in [0.15, 0.2) is 75.8 Å². The van der Waals surface area contributed by atoms with Crippen molar-refractivity contribution in [1.29, 1.82) is 0 Å². The molecule has 0 amide bonds. The lowest BCUT2D eigenvalue weighted by Gasteiger charge is -2.07. The van der Waals surface area contributed by atoms with Crippen LogP contribution in [0, 0.1) is 0 Å². The quantitative estimate of drug-likeness (QED) is 0.120. The molecule has 0 atom stereocenters. The fraction of sp³-hybridized carbons (Fsp3) is 0.0769. The third-order valence-electron chi connectivity index (χ3n) is 11.3. The standard InChI is InChI=1S/C52H37Br8N8/c53-25-37(57)29-65-17-9-33(10-18-65)49-41-1-2-42(61-41)50(34-11-19-66(20-12-34)30-38(58)26-54)44-5-6-46(63-44)52(36-15-23-68(24-16-36)32-40(60)28-56)48-8-7-47(64-48)51(45-4-3-43(49)62-45)35-13-21-67(22-14-35)31-39(59)27-55/h1-28H,29-32H2,(H,61,62,63,64)/q+3/p+1/b37-25-,38-26-,39-27-,40-28-,49-41?,49-43?,50-42?,50-44?,51-45?,51-47?,52-46?,52-48?. The second kappa shape index (κ2) is 22.4. The largest absolute Gasteiger partial charge is 0.354 e. The Morgan fingerprint density at radius 2 is 0.559 bits per heavy atom. The Bertz CT molecular complexity index is 2960. The maximum Gasteiger partial charge on any atom is 0.180 e. The van der Waals surface area contributed by atoms with Gasteiger partial charge < -0.3 is 9.97 Å². The molecule has 8 nitrogen and oxygen atoms in total. The van der Waals surface area contributed by atoms with Crippen molar-refractivity contribution in [2.45, 2.75) is 26.2 Å². The Hall–Kier alpha value is -4.00. The molecule has 0 fully saturated rings. The van der Waals surface area contributed by atoms with Crippen molar-refractivity contribution in [3.63, 3.8) is 0 Å². The van der Waals surface area contributed by atoms with Crippen LogP contribution >= 0.6 is 127 Å². The van der Waals surface area contributed by atoms with Crippen LogP contribution in [0.25, 0.3) is 90.9 Å². The van der Waals surface area contributed by atoms with Crippen molar-refractivity contribution in [3.05, 3.63) is 183 Å². The third-order valence-corrected chi connectivity index (χ3v) is 17.9. The summed E-state index contributed by atoms with van der Waals surface area (Å²) in [5.74, 6) is 0. The molecule has 68 heavy (non-hydrogen) atoms. The molecule has 0 saturated carbocycles. The van der Waals surface area contributed by atoms with Gasteiger partial charge in [-0.3, -0.25) is 0 Å². The van der Waals surface area contributed by atoms with Gasteiger partial charge in [-0.25, -0.2) is 28.2 Å². The molecule has 0 unspecified atom stereocenters. The summed E-state index contributed by atoms with van der Waals surface area (Å²) in [6.45, 7) is 2.75. The van der Waals surface area contributed by atoms with Crippen molar-refractivity contribution in [2.75, 3.05) is 0 Å². The fourth-order valence-electron chi connectivity index (χ4n) is 8.17. The molecule has 0 aliphatic carbocycles. The number of aromatic amines is 2. The summed E-state index contributed by atoms with van der Waals surface area (Å²) in [7, 11) is 0. The fourth-order valence-corrected chi connectivity index (χ4v) is 9.91. The molecule has 7 aromatic heterocycles. The van der Waals surface area contributed by atoms with E-state index in [0.29, 0.717) is 26.2 Å². The van der Waals surface area contributed by atoms with E-state index in [-0.39, 0.29) is 0 Å². The van der Waals surface area contributed by atoms with E-state index in [1.165, 1.54) is 0 Å². The van der Waals surface area contributed by atoms with Crippen LogP contribution in [-0.2, 0) is 26.2 Å². The number of nitrogens with one attached hydrogen (secondary N) is 2. The van der Waals surface area contributed by atoms with Gasteiger partial charge in [0, 0.05) is 92.9 Å². The zero-order valence-corrected chi connectivity index (χ0v) is 48.4. The van der Waals surface area contributed by atoms with E-state index in [9.17, 15) is 0 Å². The number of H-pyrrole nitrogens is 2. The zero-order valence-electron chi connectivity index (χ0n) is 35.7. The maximum absolute atomic E-state index is 5.51. The number of rotatable bonds is 12. The van der Waals surface area contributed by atoms with E-state index in [2.05, 4.69) is 302 Å². The van der Waals surface area contributed by atoms with Crippen LogP contribution in [0.3, 0.4) is 0 Å². The van der Waals surface area contributed by atoms with E-state index in [1.54, 1.807) is 0 Å². The molecule has 16 heteroatoms. The summed E-state index contributed by atoms with van der Waals surface area (Å²) in [5.41, 5.74) is 15.1. The van der Waals surface area contributed by atoms with Crippen LogP contribution in [0.15, 0.2) is 160 Å². The topological polar surface area (TPSA) is 72.9 Å². The molecule has 338 valence electrons. The first-order chi connectivity index (χ1) is 33.1. The van der Waals surface area contributed by atoms with E-state index in [4.69, 9.17) is 9.97 Å². The lowest BCUT2D eigenvalue weighted by Crippen LogP contribution is -2.32. The number of fused-ring (bicyclic) bond motifs is 8. The summed E-state index contributed by atoms with van der Waals surface area (Å²) in [6, 6.07) is 25.8. The Morgan fingerprint density at radius 3 is 0.750 bits per heavy atom. The zero-order chi connectivity index (χ0) is 47.3. The monoisotopic (exact) mass is 1410 g/mol. The maximum atomic E-state index is 5.51. The van der Waals surface area contributed by atoms with Crippen molar-refractivity contribution >= 4 is 174 Å². The van der Waals surface area contributed by atoms with Gasteiger partial charge in [0.25, 0.3) is 0 Å². The van der Waals surface area contributed by atoms with Gasteiger partial charge in [0.2, 0.25) is 0 Å². The van der Waals surface area contributed by atoms with Crippen molar-refractivity contribution in [3.8, 4) is 44.5 Å². The Kier molecular flexibility index (Phi) is 16.1. The summed E-state index contributed by atoms with van der Waals surface area (Å²) in [6.07, 6.45) is 25.3. The number of allylic oxidation sites excluding steroid dienone is 4. The minimum absolute atomic E-state index is 0.687. The van der Waals surface area contributed by atoms with Crippen LogP contribution in [0.2, 0.25) is 0 Å². The minimum atomic E-state index is 0.687. The van der Waals surface area contributed by atoms with Crippen molar-refractivity contribution in [2.24, 2.45) is 0 Å². The molecular weight excluding hydrogens is 1380 g/mol. The second-order valence-electron chi connectivity index (χ2n) is 15.8. The number of hydrogen-bond acceptors (Lipinski definition) is 2. The first-order valence-electron chi connectivity index (χ1n) is 21.0. The molecule has 2 aliphatic rings. The van der Waals surface area contributed by atoms with Crippen LogP contribution < -0.4 is 18.3 Å². The predicted molar refractivity (Wildman–Crippen MR) is 305 cm³/mol. The van der Waals surface area contributed by atoms with Gasteiger partial charge in [-0.2, -0.15) is 0 Å². The molecule has 0 spiro atoms. The smallest absolute Gasteiger partial charge is 0.180 e. The lowest BCUT2D eigenvalue weighted by atomic mass is 10.0. The molecular formula is C52H38Br8N8+4. The van der Waals surface area contributed by atoms with Crippen molar-refractivity contribution < 1.29 is 18.3 Å². The Morgan fingerprint density at radius 1 is 0.353 bits per heavy atom. The average Bonchev–Trinajstić information content (AvgIpc) is 4.22.